The minimum absolute atomic E-state index is 0.396. The van der Waals surface area contributed by atoms with Gasteiger partial charge in [-0.2, -0.15) is 0 Å². The van der Waals surface area contributed by atoms with Gasteiger partial charge >= 0.3 is 0 Å². The second-order valence-corrected chi connectivity index (χ2v) is 9.49. The summed E-state index contributed by atoms with van der Waals surface area (Å²) in [6, 6.07) is 29.2. The number of hydrogen-bond donors (Lipinski definition) is 0. The Bertz CT molecular complexity index is 2420. The van der Waals surface area contributed by atoms with Crippen LogP contribution < -0.4 is 10.9 Å². The topological polar surface area (TPSA) is 34.1 Å². The maximum absolute atomic E-state index is 13.7. The minimum Gasteiger partial charge on any atom is -0.285 e. The van der Waals surface area contributed by atoms with Crippen LogP contribution in [0.1, 0.15) is 0 Å². The molecule has 0 unspecified atom stereocenters. The number of rotatable bonds is 0. The molecular weight excluding hydrogens is 416 g/mol. The Morgan fingerprint density at radius 3 is 1.41 bits per heavy atom. The first kappa shape index (κ1) is 17.0. The largest absolute Gasteiger partial charge is 0.285 e. The van der Waals surface area contributed by atoms with Gasteiger partial charge in [-0.25, -0.2) is 0 Å². The molecule has 0 spiro atoms. The van der Waals surface area contributed by atoms with Crippen molar-refractivity contribution in [2.75, 3.05) is 0 Å². The van der Waals surface area contributed by atoms with E-state index in [4.69, 9.17) is 0 Å². The smallest absolute Gasteiger partial charge is 0.234 e. The molecule has 9 aromatic rings. The summed E-state index contributed by atoms with van der Waals surface area (Å²) in [5, 5.41) is 16.5. The van der Waals surface area contributed by atoms with Crippen LogP contribution in [-0.4, -0.2) is 0 Å². The minimum atomic E-state index is -0.401. The molecule has 0 aliphatic carbocycles. The van der Waals surface area contributed by atoms with Crippen LogP contribution in [0.4, 0.5) is 0 Å². The van der Waals surface area contributed by atoms with Crippen LogP contribution in [0.25, 0.3) is 86.2 Å². The van der Waals surface area contributed by atoms with Gasteiger partial charge in [-0.1, -0.05) is 78.9 Å². The third-order valence-electron chi connectivity index (χ3n) is 8.05. The molecule has 0 aliphatic rings. The highest BCUT2D eigenvalue weighted by Gasteiger charge is 2.26. The van der Waals surface area contributed by atoms with Gasteiger partial charge in [0.2, 0.25) is 10.9 Å². The molecule has 0 fully saturated rings. The normalized spacial score (nSPS) is 12.9. The van der Waals surface area contributed by atoms with Crippen LogP contribution in [0.3, 0.4) is 0 Å². The molecule has 154 valence electrons. The molecule has 0 aromatic heterocycles. The first-order valence-corrected chi connectivity index (χ1v) is 11.5. The molecule has 0 aliphatic heterocycles. The van der Waals surface area contributed by atoms with E-state index in [1.165, 1.54) is 32.3 Å². The SMILES string of the molecule is O=c1c(=O)c2c3ccccc3c3c4ccccc4c4ccc5ccc6ccc1c1c6c5c4c3c21. The highest BCUT2D eigenvalue weighted by atomic mass is 16.2. The van der Waals surface area contributed by atoms with Gasteiger partial charge < -0.3 is 0 Å². The molecule has 0 amide bonds. The van der Waals surface area contributed by atoms with Crippen molar-refractivity contribution in [2.24, 2.45) is 0 Å². The average Bonchev–Trinajstić information content (AvgIpc) is 2.89. The lowest BCUT2D eigenvalue weighted by Crippen LogP contribution is -2.24. The zero-order chi connectivity index (χ0) is 22.3. The Morgan fingerprint density at radius 1 is 0.294 bits per heavy atom. The Morgan fingerprint density at radius 2 is 0.735 bits per heavy atom. The van der Waals surface area contributed by atoms with Crippen LogP contribution in [-0.2, 0) is 0 Å². The van der Waals surface area contributed by atoms with Crippen molar-refractivity contribution in [3.63, 3.8) is 0 Å². The molecular formula is C32H14O2. The van der Waals surface area contributed by atoms with E-state index in [2.05, 4.69) is 54.6 Å². The molecule has 9 aromatic carbocycles. The van der Waals surface area contributed by atoms with Crippen LogP contribution >= 0.6 is 0 Å². The predicted octanol–water partition coefficient (Wildman–Crippen LogP) is 7.38. The monoisotopic (exact) mass is 430 g/mol. The van der Waals surface area contributed by atoms with E-state index in [0.717, 1.165) is 43.1 Å². The molecule has 0 bridgehead atoms. The van der Waals surface area contributed by atoms with Gasteiger partial charge in [0.05, 0.1) is 0 Å². The fourth-order valence-corrected chi connectivity index (χ4v) is 6.79. The zero-order valence-corrected chi connectivity index (χ0v) is 17.9. The van der Waals surface area contributed by atoms with Crippen molar-refractivity contribution in [1.82, 2.24) is 0 Å². The molecule has 2 nitrogen and oxygen atoms in total. The summed E-state index contributed by atoms with van der Waals surface area (Å²) in [7, 11) is 0. The summed E-state index contributed by atoms with van der Waals surface area (Å²) in [6.45, 7) is 0. The van der Waals surface area contributed by atoms with Gasteiger partial charge in [-0.3, -0.25) is 9.59 Å². The number of benzene rings is 9. The van der Waals surface area contributed by atoms with E-state index < -0.39 is 10.9 Å². The molecule has 34 heavy (non-hydrogen) atoms. The van der Waals surface area contributed by atoms with Crippen molar-refractivity contribution in [2.45, 2.75) is 0 Å². The molecule has 2 heteroatoms. The lowest BCUT2D eigenvalue weighted by molar-refractivity contribution is 1.62. The van der Waals surface area contributed by atoms with Crippen LogP contribution in [0.5, 0.6) is 0 Å². The quantitative estimate of drug-likeness (QED) is 0.143. The third-order valence-corrected chi connectivity index (χ3v) is 8.05. The molecule has 0 heterocycles. The van der Waals surface area contributed by atoms with Crippen molar-refractivity contribution in [1.29, 1.82) is 0 Å². The maximum atomic E-state index is 13.7. The molecule has 0 atom stereocenters. The standard InChI is InChI=1S/C32H14O2/c33-31-22-14-12-16-10-9-15-11-13-21-17-5-1-2-6-18(17)25-19-7-3-4-8-20(19)28(32(31)34)30-27(22)24(16)23(15)26(21)29(25)30/h1-14H. The maximum Gasteiger partial charge on any atom is 0.234 e. The van der Waals surface area contributed by atoms with E-state index in [-0.39, 0.29) is 0 Å². The fourth-order valence-electron chi connectivity index (χ4n) is 6.79. The lowest BCUT2D eigenvalue weighted by atomic mass is 9.79. The van der Waals surface area contributed by atoms with Crippen LogP contribution in [0, 0.1) is 0 Å². The predicted molar refractivity (Wildman–Crippen MR) is 144 cm³/mol. The van der Waals surface area contributed by atoms with E-state index in [1.807, 2.05) is 30.3 Å². The van der Waals surface area contributed by atoms with E-state index in [1.54, 1.807) is 0 Å². The highest BCUT2D eigenvalue weighted by Crippen LogP contribution is 2.51. The highest BCUT2D eigenvalue weighted by molar-refractivity contribution is 6.51. The van der Waals surface area contributed by atoms with Crippen molar-refractivity contribution in [3.8, 4) is 0 Å². The molecule has 0 saturated heterocycles. The molecule has 9 rings (SSSR count). The van der Waals surface area contributed by atoms with Crippen molar-refractivity contribution < 1.29 is 0 Å². The van der Waals surface area contributed by atoms with E-state index >= 15 is 0 Å². The number of hydrogen-bond acceptors (Lipinski definition) is 2. The Hall–Kier alpha value is -4.56. The zero-order valence-electron chi connectivity index (χ0n) is 17.9. The molecule has 0 saturated carbocycles. The molecule has 0 N–H and O–H groups in total. The van der Waals surface area contributed by atoms with Crippen molar-refractivity contribution in [3.05, 3.63) is 105 Å². The third kappa shape index (κ3) is 1.63. The summed E-state index contributed by atoms with van der Waals surface area (Å²) < 4.78 is 0. The van der Waals surface area contributed by atoms with Crippen molar-refractivity contribution >= 4 is 86.2 Å². The van der Waals surface area contributed by atoms with Gasteiger partial charge in [0.25, 0.3) is 0 Å². The fraction of sp³-hybridized carbons (Fsp3) is 0. The Kier molecular flexibility index (Phi) is 2.66. The van der Waals surface area contributed by atoms with Gasteiger partial charge in [-0.05, 0) is 65.3 Å². The van der Waals surface area contributed by atoms with Crippen LogP contribution in [0.15, 0.2) is 94.5 Å². The second-order valence-electron chi connectivity index (χ2n) is 9.49. The first-order valence-electron chi connectivity index (χ1n) is 11.5. The number of fused-ring (bicyclic) bond motifs is 6. The summed E-state index contributed by atoms with van der Waals surface area (Å²) in [5.41, 5.74) is -0.796. The first-order chi connectivity index (χ1) is 16.7. The Balaban J connectivity index is 1.91. The van der Waals surface area contributed by atoms with Gasteiger partial charge in [0.1, 0.15) is 0 Å². The van der Waals surface area contributed by atoms with Gasteiger partial charge in [0, 0.05) is 26.9 Å². The van der Waals surface area contributed by atoms with Gasteiger partial charge in [0.15, 0.2) is 0 Å². The van der Waals surface area contributed by atoms with E-state index in [9.17, 15) is 9.59 Å². The second kappa shape index (κ2) is 5.32. The Labute approximate surface area is 191 Å². The van der Waals surface area contributed by atoms with E-state index in [0.29, 0.717) is 10.8 Å². The summed E-state index contributed by atoms with van der Waals surface area (Å²) in [4.78, 5) is 27.1. The summed E-state index contributed by atoms with van der Waals surface area (Å²) in [5.74, 6) is 0. The summed E-state index contributed by atoms with van der Waals surface area (Å²) >= 11 is 0. The average molecular weight is 430 g/mol. The van der Waals surface area contributed by atoms with Crippen LogP contribution in [0.2, 0.25) is 0 Å². The summed E-state index contributed by atoms with van der Waals surface area (Å²) in [6.07, 6.45) is 0. The van der Waals surface area contributed by atoms with Gasteiger partial charge in [-0.15, -0.1) is 0 Å². The molecule has 0 radical (unpaired) electrons. The lowest BCUT2D eigenvalue weighted by Gasteiger charge is -2.23.